The van der Waals surface area contributed by atoms with Crippen LogP contribution in [-0.2, 0) is 5.41 Å². The van der Waals surface area contributed by atoms with Crippen LogP contribution in [0.5, 0.6) is 0 Å². The summed E-state index contributed by atoms with van der Waals surface area (Å²) in [4.78, 5) is 17.6. The van der Waals surface area contributed by atoms with E-state index >= 15 is 0 Å². The van der Waals surface area contributed by atoms with Crippen LogP contribution in [0.2, 0.25) is 0 Å². The fourth-order valence-electron chi connectivity index (χ4n) is 8.77. The van der Waals surface area contributed by atoms with Crippen molar-refractivity contribution in [3.05, 3.63) is 222 Å². The minimum absolute atomic E-state index is 0.430. The SMILES string of the molecule is c1ccc(-c2nc(-c3ccccc3)nc(-c3cccc(-c4ccccc4-c4ccc5c(c4)C4(c6ccccc6S5)c5ccccc5-c5ccccc54)c3)n2)cc1. The van der Waals surface area contributed by atoms with Crippen molar-refractivity contribution in [1.29, 1.82) is 0 Å². The molecule has 4 heteroatoms. The molecule has 8 aromatic carbocycles. The number of fused-ring (bicyclic) bond motifs is 9. The van der Waals surface area contributed by atoms with Gasteiger partial charge in [0.05, 0.1) is 5.41 Å². The van der Waals surface area contributed by atoms with Gasteiger partial charge in [-0.3, -0.25) is 0 Å². The minimum Gasteiger partial charge on any atom is -0.208 e. The topological polar surface area (TPSA) is 38.7 Å². The molecule has 2 heterocycles. The van der Waals surface area contributed by atoms with E-state index < -0.39 is 5.41 Å². The molecule has 11 rings (SSSR count). The normalized spacial score (nSPS) is 13.1. The van der Waals surface area contributed by atoms with Crippen molar-refractivity contribution in [2.24, 2.45) is 0 Å². The highest BCUT2D eigenvalue weighted by molar-refractivity contribution is 7.99. The lowest BCUT2D eigenvalue weighted by Crippen LogP contribution is -2.32. The van der Waals surface area contributed by atoms with Crippen molar-refractivity contribution < 1.29 is 0 Å². The number of nitrogens with zero attached hydrogens (tertiary/aromatic N) is 3. The highest BCUT2D eigenvalue weighted by atomic mass is 32.2. The molecule has 2 aliphatic rings. The fourth-order valence-corrected chi connectivity index (χ4v) is 9.95. The summed E-state index contributed by atoms with van der Waals surface area (Å²) in [5, 5.41) is 0. The third kappa shape index (κ3) is 5.10. The van der Waals surface area contributed by atoms with Crippen LogP contribution in [-0.4, -0.2) is 15.0 Å². The number of rotatable bonds is 5. The molecule has 0 atom stereocenters. The lowest BCUT2D eigenvalue weighted by atomic mass is 9.67. The van der Waals surface area contributed by atoms with Gasteiger partial charge in [0.15, 0.2) is 17.5 Å². The van der Waals surface area contributed by atoms with E-state index in [9.17, 15) is 0 Å². The number of hydrogen-bond acceptors (Lipinski definition) is 4. The molecule has 0 bridgehead atoms. The standard InChI is InChI=1S/C52H33N3S/c1-3-16-34(17-4-1)49-53-50(35-18-5-2-6-19-35)55-51(54-49)38-21-15-20-36(32-38)39-22-7-8-23-40(39)37-30-31-48-46(33-37)52(45-28-13-14-29-47(45)56-48)43-26-11-9-24-41(43)42-25-10-12-27-44(42)52/h1-33H. The first kappa shape index (κ1) is 32.5. The van der Waals surface area contributed by atoms with Crippen LogP contribution in [0.15, 0.2) is 210 Å². The third-order valence-electron chi connectivity index (χ3n) is 11.2. The van der Waals surface area contributed by atoms with Gasteiger partial charge in [0, 0.05) is 26.5 Å². The molecule has 0 unspecified atom stereocenters. The molecular formula is C52H33N3S. The van der Waals surface area contributed by atoms with Crippen molar-refractivity contribution in [1.82, 2.24) is 15.0 Å². The van der Waals surface area contributed by atoms with Crippen molar-refractivity contribution in [3.8, 4) is 67.5 Å². The van der Waals surface area contributed by atoms with E-state index in [4.69, 9.17) is 15.0 Å². The molecular weight excluding hydrogens is 699 g/mol. The van der Waals surface area contributed by atoms with Crippen LogP contribution in [0.1, 0.15) is 22.3 Å². The van der Waals surface area contributed by atoms with Crippen LogP contribution in [0, 0.1) is 0 Å². The van der Waals surface area contributed by atoms with E-state index in [1.54, 1.807) is 0 Å². The second kappa shape index (κ2) is 13.2. The van der Waals surface area contributed by atoms with Crippen LogP contribution in [0.4, 0.5) is 0 Å². The third-order valence-corrected chi connectivity index (χ3v) is 12.4. The van der Waals surface area contributed by atoms with Crippen molar-refractivity contribution in [2.75, 3.05) is 0 Å². The maximum Gasteiger partial charge on any atom is 0.164 e. The molecule has 3 nitrogen and oxygen atoms in total. The zero-order chi connectivity index (χ0) is 37.1. The van der Waals surface area contributed by atoms with E-state index in [0.717, 1.165) is 27.8 Å². The van der Waals surface area contributed by atoms with Gasteiger partial charge in [0.1, 0.15) is 0 Å². The summed E-state index contributed by atoms with van der Waals surface area (Å²) in [7, 11) is 0. The predicted octanol–water partition coefficient (Wildman–Crippen LogP) is 13.0. The highest BCUT2D eigenvalue weighted by Crippen LogP contribution is 2.62. The first-order valence-electron chi connectivity index (χ1n) is 18.9. The van der Waals surface area contributed by atoms with Gasteiger partial charge >= 0.3 is 0 Å². The molecule has 9 aromatic rings. The molecule has 0 N–H and O–H groups in total. The van der Waals surface area contributed by atoms with Gasteiger partial charge in [-0.2, -0.15) is 0 Å². The number of hydrogen-bond donors (Lipinski definition) is 0. The largest absolute Gasteiger partial charge is 0.208 e. The lowest BCUT2D eigenvalue weighted by molar-refractivity contribution is 0.723. The smallest absolute Gasteiger partial charge is 0.164 e. The maximum atomic E-state index is 5.03. The average molecular weight is 732 g/mol. The Kier molecular flexibility index (Phi) is 7.64. The Morgan fingerprint density at radius 2 is 0.714 bits per heavy atom. The zero-order valence-corrected chi connectivity index (χ0v) is 31.1. The van der Waals surface area contributed by atoms with E-state index in [0.29, 0.717) is 17.5 Å². The Morgan fingerprint density at radius 3 is 1.32 bits per heavy atom. The Labute approximate surface area is 330 Å². The molecule has 1 aromatic heterocycles. The Hall–Kier alpha value is -6.88. The Bertz CT molecular complexity index is 2850. The van der Waals surface area contributed by atoms with E-state index in [-0.39, 0.29) is 0 Å². The first-order chi connectivity index (χ1) is 27.8. The van der Waals surface area contributed by atoms with Gasteiger partial charge in [0.25, 0.3) is 0 Å². The van der Waals surface area contributed by atoms with Crippen LogP contribution in [0.25, 0.3) is 67.5 Å². The fraction of sp³-hybridized carbons (Fsp3) is 0.0192. The summed E-state index contributed by atoms with van der Waals surface area (Å²) in [6.45, 7) is 0. The second-order valence-electron chi connectivity index (χ2n) is 14.3. The predicted molar refractivity (Wildman–Crippen MR) is 228 cm³/mol. The molecule has 56 heavy (non-hydrogen) atoms. The Morgan fingerprint density at radius 1 is 0.286 bits per heavy atom. The first-order valence-corrected chi connectivity index (χ1v) is 19.8. The van der Waals surface area contributed by atoms with Crippen molar-refractivity contribution >= 4 is 11.8 Å². The molecule has 0 fully saturated rings. The molecule has 1 aliphatic carbocycles. The van der Waals surface area contributed by atoms with E-state index in [1.807, 2.05) is 72.4 Å². The van der Waals surface area contributed by atoms with E-state index in [2.05, 4.69) is 140 Å². The molecule has 0 amide bonds. The van der Waals surface area contributed by atoms with Gasteiger partial charge in [-0.25, -0.2) is 15.0 Å². The van der Waals surface area contributed by atoms with Crippen LogP contribution in [0.3, 0.4) is 0 Å². The lowest BCUT2D eigenvalue weighted by Gasteiger charge is -2.40. The van der Waals surface area contributed by atoms with Crippen LogP contribution >= 0.6 is 11.8 Å². The molecule has 262 valence electrons. The monoisotopic (exact) mass is 731 g/mol. The van der Waals surface area contributed by atoms with Gasteiger partial charge < -0.3 is 0 Å². The average Bonchev–Trinajstić information content (AvgIpc) is 3.57. The molecule has 0 saturated carbocycles. The maximum absolute atomic E-state index is 5.03. The summed E-state index contributed by atoms with van der Waals surface area (Å²) in [6, 6.07) is 71.7. The molecule has 1 spiro atoms. The highest BCUT2D eigenvalue weighted by Gasteiger charge is 2.50. The summed E-state index contributed by atoms with van der Waals surface area (Å²) in [6.07, 6.45) is 0. The molecule has 1 aliphatic heterocycles. The quantitative estimate of drug-likeness (QED) is 0.177. The minimum atomic E-state index is -0.430. The Balaban J connectivity index is 1.07. The van der Waals surface area contributed by atoms with Crippen LogP contribution < -0.4 is 0 Å². The number of aromatic nitrogens is 3. The second-order valence-corrected chi connectivity index (χ2v) is 15.4. The molecule has 0 saturated heterocycles. The van der Waals surface area contributed by atoms with Crippen molar-refractivity contribution in [2.45, 2.75) is 15.2 Å². The van der Waals surface area contributed by atoms with Gasteiger partial charge in [-0.05, 0) is 79.9 Å². The zero-order valence-electron chi connectivity index (χ0n) is 30.3. The summed E-state index contributed by atoms with van der Waals surface area (Å²) >= 11 is 1.88. The van der Waals surface area contributed by atoms with Crippen molar-refractivity contribution in [3.63, 3.8) is 0 Å². The molecule has 0 radical (unpaired) electrons. The summed E-state index contributed by atoms with van der Waals surface area (Å²) < 4.78 is 0. The van der Waals surface area contributed by atoms with Gasteiger partial charge in [0.2, 0.25) is 0 Å². The van der Waals surface area contributed by atoms with Gasteiger partial charge in [-0.1, -0.05) is 188 Å². The number of benzene rings is 8. The summed E-state index contributed by atoms with van der Waals surface area (Å²) in [5.74, 6) is 1.94. The summed E-state index contributed by atoms with van der Waals surface area (Å²) in [5.41, 5.74) is 15.0. The van der Waals surface area contributed by atoms with E-state index in [1.165, 1.54) is 54.3 Å². The van der Waals surface area contributed by atoms with Gasteiger partial charge in [-0.15, -0.1) is 0 Å².